The van der Waals surface area contributed by atoms with Gasteiger partial charge in [-0.3, -0.25) is 19.2 Å². The van der Waals surface area contributed by atoms with E-state index in [-0.39, 0.29) is 12.5 Å². The van der Waals surface area contributed by atoms with Crippen LogP contribution >= 0.6 is 15.9 Å². The molecule has 184 valence electrons. The SMILES string of the molecule is CC(C)C(=O)OC[C@H]1O[C@H](Br)[C@H](OC(=O)C(C)C)[C@@H](OC(=O)C(C)C)[C@@H]1OC(=O)C(C)C. The zero-order valence-corrected chi connectivity index (χ0v) is 21.5. The van der Waals surface area contributed by atoms with Gasteiger partial charge >= 0.3 is 23.9 Å². The van der Waals surface area contributed by atoms with Crippen LogP contribution in [0.2, 0.25) is 0 Å². The van der Waals surface area contributed by atoms with Gasteiger partial charge in [0.15, 0.2) is 23.3 Å². The van der Waals surface area contributed by atoms with Crippen LogP contribution in [0, 0.1) is 23.7 Å². The number of hydrogen-bond acceptors (Lipinski definition) is 9. The van der Waals surface area contributed by atoms with Crippen molar-refractivity contribution in [1.82, 2.24) is 0 Å². The minimum Gasteiger partial charge on any atom is -0.463 e. The topological polar surface area (TPSA) is 114 Å². The predicted octanol–water partition coefficient (Wildman–Crippen LogP) is 3.01. The van der Waals surface area contributed by atoms with E-state index in [0.29, 0.717) is 0 Å². The Morgan fingerprint density at radius 2 is 1.03 bits per heavy atom. The summed E-state index contributed by atoms with van der Waals surface area (Å²) in [7, 11) is 0. The van der Waals surface area contributed by atoms with Gasteiger partial charge in [0.2, 0.25) is 0 Å². The second-order valence-corrected chi connectivity index (χ2v) is 9.88. The summed E-state index contributed by atoms with van der Waals surface area (Å²) in [6.45, 7) is 13.1. The molecule has 0 saturated carbocycles. The van der Waals surface area contributed by atoms with Crippen LogP contribution in [0.1, 0.15) is 55.4 Å². The summed E-state index contributed by atoms with van der Waals surface area (Å²) in [4.78, 5) is 49.2. The molecule has 1 saturated heterocycles. The van der Waals surface area contributed by atoms with Gasteiger partial charge in [0, 0.05) is 0 Å². The molecule has 32 heavy (non-hydrogen) atoms. The summed E-state index contributed by atoms with van der Waals surface area (Å²) in [5, 5.41) is -0.896. The minimum absolute atomic E-state index is 0.240. The van der Waals surface area contributed by atoms with Gasteiger partial charge < -0.3 is 23.7 Å². The van der Waals surface area contributed by atoms with Crippen LogP contribution in [0.5, 0.6) is 0 Å². The van der Waals surface area contributed by atoms with E-state index in [1.165, 1.54) is 0 Å². The van der Waals surface area contributed by atoms with E-state index in [1.54, 1.807) is 55.4 Å². The Morgan fingerprint density at radius 1 is 0.656 bits per heavy atom. The van der Waals surface area contributed by atoms with Gasteiger partial charge in [-0.2, -0.15) is 0 Å². The molecule has 0 unspecified atom stereocenters. The van der Waals surface area contributed by atoms with Crippen molar-refractivity contribution in [3.63, 3.8) is 0 Å². The fourth-order valence-corrected chi connectivity index (χ4v) is 3.23. The van der Waals surface area contributed by atoms with E-state index in [1.807, 2.05) is 0 Å². The lowest BCUT2D eigenvalue weighted by atomic mass is 9.98. The summed E-state index contributed by atoms with van der Waals surface area (Å²) in [5.74, 6) is -3.90. The third-order valence-corrected chi connectivity index (χ3v) is 5.35. The van der Waals surface area contributed by atoms with Crippen molar-refractivity contribution in [3.8, 4) is 0 Å². The molecule has 0 aromatic rings. The Bertz CT molecular complexity index is 674. The zero-order chi connectivity index (χ0) is 24.7. The molecule has 0 radical (unpaired) electrons. The van der Waals surface area contributed by atoms with Gasteiger partial charge in [-0.15, -0.1) is 0 Å². The molecule has 1 aliphatic rings. The highest BCUT2D eigenvalue weighted by Crippen LogP contribution is 2.33. The Morgan fingerprint density at radius 3 is 1.44 bits per heavy atom. The lowest BCUT2D eigenvalue weighted by Gasteiger charge is -2.43. The normalized spacial score (nSPS) is 25.7. The zero-order valence-electron chi connectivity index (χ0n) is 20.0. The molecule has 0 amide bonds. The highest BCUT2D eigenvalue weighted by molar-refractivity contribution is 9.09. The maximum Gasteiger partial charge on any atom is 0.308 e. The Hall–Kier alpha value is -1.68. The Kier molecular flexibility index (Phi) is 11.1. The molecule has 10 heteroatoms. The van der Waals surface area contributed by atoms with Crippen molar-refractivity contribution >= 4 is 39.8 Å². The first-order valence-electron chi connectivity index (χ1n) is 10.8. The maximum atomic E-state index is 12.5. The van der Waals surface area contributed by atoms with Crippen molar-refractivity contribution in [3.05, 3.63) is 0 Å². The quantitative estimate of drug-likeness (QED) is 0.256. The third kappa shape index (κ3) is 8.03. The van der Waals surface area contributed by atoms with E-state index in [0.717, 1.165) is 0 Å². The molecular weight excluding hydrogens is 488 g/mol. The van der Waals surface area contributed by atoms with Gasteiger partial charge in [-0.25, -0.2) is 0 Å². The largest absolute Gasteiger partial charge is 0.463 e. The molecule has 1 rings (SSSR count). The lowest BCUT2D eigenvalue weighted by Crippen LogP contribution is -2.61. The molecule has 0 bridgehead atoms. The van der Waals surface area contributed by atoms with Gasteiger partial charge in [0.05, 0.1) is 23.7 Å². The monoisotopic (exact) mass is 522 g/mol. The first-order valence-corrected chi connectivity index (χ1v) is 11.7. The molecule has 0 aromatic heterocycles. The molecule has 0 spiro atoms. The van der Waals surface area contributed by atoms with Gasteiger partial charge in [-0.05, 0) is 0 Å². The number of carbonyl (C=O) groups excluding carboxylic acids is 4. The molecule has 9 nitrogen and oxygen atoms in total. The predicted molar refractivity (Wildman–Crippen MR) is 118 cm³/mol. The Labute approximate surface area is 197 Å². The van der Waals surface area contributed by atoms with Crippen LogP contribution < -0.4 is 0 Å². The number of rotatable bonds is 9. The first kappa shape index (κ1) is 28.4. The second kappa shape index (κ2) is 12.5. The number of carbonyl (C=O) groups is 4. The Balaban J connectivity index is 3.32. The molecule has 1 fully saturated rings. The molecular formula is C22H35BrO9. The fraction of sp³-hybridized carbons (Fsp3) is 0.818. The molecule has 5 atom stereocenters. The van der Waals surface area contributed by atoms with Crippen molar-refractivity contribution in [2.45, 2.75) is 84.8 Å². The molecule has 0 aliphatic carbocycles. The number of alkyl halides is 1. The maximum absolute atomic E-state index is 12.5. The van der Waals surface area contributed by atoms with Gasteiger partial charge in [0.25, 0.3) is 0 Å². The summed E-state index contributed by atoms with van der Waals surface area (Å²) >= 11 is 3.33. The second-order valence-electron chi connectivity index (χ2n) is 8.98. The average Bonchev–Trinajstić information content (AvgIpc) is 2.69. The van der Waals surface area contributed by atoms with E-state index < -0.39 is 71.1 Å². The van der Waals surface area contributed by atoms with Crippen molar-refractivity contribution in [2.24, 2.45) is 23.7 Å². The van der Waals surface area contributed by atoms with Gasteiger partial charge in [0.1, 0.15) is 12.7 Å². The number of ether oxygens (including phenoxy) is 5. The van der Waals surface area contributed by atoms with Crippen molar-refractivity contribution < 1.29 is 42.9 Å². The summed E-state index contributed by atoms with van der Waals surface area (Å²) in [6.07, 6.45) is -4.37. The van der Waals surface area contributed by atoms with Crippen LogP contribution in [-0.2, 0) is 42.9 Å². The summed E-state index contributed by atoms with van der Waals surface area (Å²) in [6, 6.07) is 0. The van der Waals surface area contributed by atoms with E-state index in [9.17, 15) is 19.2 Å². The highest BCUT2D eigenvalue weighted by atomic mass is 79.9. The van der Waals surface area contributed by atoms with Crippen LogP contribution in [0.25, 0.3) is 0 Å². The first-order chi connectivity index (χ1) is 14.8. The molecule has 0 N–H and O–H groups in total. The van der Waals surface area contributed by atoms with E-state index in [2.05, 4.69) is 15.9 Å². The van der Waals surface area contributed by atoms with Crippen LogP contribution in [0.4, 0.5) is 0 Å². The van der Waals surface area contributed by atoms with Crippen LogP contribution in [0.15, 0.2) is 0 Å². The average molecular weight is 523 g/mol. The smallest absolute Gasteiger partial charge is 0.308 e. The lowest BCUT2D eigenvalue weighted by molar-refractivity contribution is -0.241. The number of halogens is 1. The van der Waals surface area contributed by atoms with Crippen molar-refractivity contribution in [2.75, 3.05) is 6.61 Å². The summed E-state index contributed by atoms with van der Waals surface area (Å²) < 4.78 is 28.0. The van der Waals surface area contributed by atoms with E-state index >= 15 is 0 Å². The third-order valence-electron chi connectivity index (χ3n) is 4.61. The standard InChI is InChI=1S/C22H35BrO9/c1-10(2)19(24)28-9-14-15(30-20(25)11(3)4)16(31-21(26)12(5)6)17(18(23)29-14)32-22(27)13(7)8/h10-18H,9H2,1-8H3/t14-,15-,16+,17-,18+/m1/s1. The highest BCUT2D eigenvalue weighted by Gasteiger charge is 2.52. The number of esters is 4. The van der Waals surface area contributed by atoms with Crippen LogP contribution in [0.3, 0.4) is 0 Å². The van der Waals surface area contributed by atoms with Gasteiger partial charge in [-0.1, -0.05) is 71.3 Å². The minimum atomic E-state index is -1.17. The van der Waals surface area contributed by atoms with Crippen LogP contribution in [-0.4, -0.2) is 59.9 Å². The van der Waals surface area contributed by atoms with Crippen molar-refractivity contribution in [1.29, 1.82) is 0 Å². The molecule has 1 aliphatic heterocycles. The van der Waals surface area contributed by atoms with E-state index in [4.69, 9.17) is 23.7 Å². The summed E-state index contributed by atoms with van der Waals surface area (Å²) in [5.41, 5.74) is 0. The molecule has 0 aromatic carbocycles. The molecule has 1 heterocycles. The number of hydrogen-bond donors (Lipinski definition) is 0. The fourth-order valence-electron chi connectivity index (χ4n) is 2.54.